The molecule has 0 bridgehead atoms. The number of ether oxygens (including phenoxy) is 1. The van der Waals surface area contributed by atoms with Crippen LogP contribution in [0.15, 0.2) is 24.3 Å². The molecule has 0 unspecified atom stereocenters. The summed E-state index contributed by atoms with van der Waals surface area (Å²) < 4.78 is 6.79. The Kier molecular flexibility index (Phi) is 4.74. The number of fused-ring (bicyclic) bond motifs is 1. The van der Waals surface area contributed by atoms with Crippen molar-refractivity contribution in [2.45, 2.75) is 32.7 Å². The number of carbonyl (C=O) groups excluding carboxylic acids is 2. The van der Waals surface area contributed by atoms with Crippen molar-refractivity contribution in [2.24, 2.45) is 0 Å². The van der Waals surface area contributed by atoms with Crippen LogP contribution in [-0.4, -0.2) is 46.1 Å². The normalized spacial score (nSPS) is 14.8. The third-order valence-electron chi connectivity index (χ3n) is 4.37. The van der Waals surface area contributed by atoms with E-state index < -0.39 is 5.97 Å². The lowest BCUT2D eigenvalue weighted by atomic mass is 10.1. The SMILES string of the molecule is CCOC(=O)c1cc2cc(O)ccc2n1CC(=O)N1CCCCC1. The number of rotatable bonds is 4. The summed E-state index contributed by atoms with van der Waals surface area (Å²) in [5.41, 5.74) is 1.07. The molecule has 0 spiro atoms. The maximum atomic E-state index is 12.6. The quantitative estimate of drug-likeness (QED) is 0.875. The van der Waals surface area contributed by atoms with Crippen LogP contribution in [0.2, 0.25) is 0 Å². The number of phenols is 1. The van der Waals surface area contributed by atoms with Gasteiger partial charge in [-0.1, -0.05) is 0 Å². The number of phenolic OH excluding ortho intramolecular Hbond substituents is 1. The predicted octanol–water partition coefficient (Wildman–Crippen LogP) is 2.54. The fourth-order valence-corrected chi connectivity index (χ4v) is 3.18. The van der Waals surface area contributed by atoms with E-state index in [0.717, 1.165) is 37.9 Å². The van der Waals surface area contributed by atoms with Crippen LogP contribution in [-0.2, 0) is 16.1 Å². The highest BCUT2D eigenvalue weighted by Crippen LogP contribution is 2.25. The molecule has 0 radical (unpaired) electrons. The van der Waals surface area contributed by atoms with Gasteiger partial charge in [-0.25, -0.2) is 4.79 Å². The van der Waals surface area contributed by atoms with Crippen molar-refractivity contribution in [1.29, 1.82) is 0 Å². The third kappa shape index (κ3) is 3.22. The smallest absolute Gasteiger partial charge is 0.354 e. The van der Waals surface area contributed by atoms with Crippen molar-refractivity contribution in [1.82, 2.24) is 9.47 Å². The molecular formula is C18H22N2O4. The third-order valence-corrected chi connectivity index (χ3v) is 4.37. The number of amides is 1. The molecule has 2 heterocycles. The first kappa shape index (κ1) is 16.4. The Labute approximate surface area is 140 Å². The van der Waals surface area contributed by atoms with Gasteiger partial charge in [0.15, 0.2) is 0 Å². The Morgan fingerprint density at radius 1 is 1.17 bits per heavy atom. The number of hydrogen-bond acceptors (Lipinski definition) is 4. The van der Waals surface area contributed by atoms with Crippen molar-refractivity contribution < 1.29 is 19.4 Å². The van der Waals surface area contributed by atoms with Crippen LogP contribution in [0.25, 0.3) is 10.9 Å². The van der Waals surface area contributed by atoms with Crippen molar-refractivity contribution in [3.8, 4) is 5.75 Å². The Hall–Kier alpha value is -2.50. The van der Waals surface area contributed by atoms with Crippen molar-refractivity contribution >= 4 is 22.8 Å². The average molecular weight is 330 g/mol. The molecule has 3 rings (SSSR count). The second-order valence-electron chi connectivity index (χ2n) is 6.02. The number of esters is 1. The second-order valence-corrected chi connectivity index (χ2v) is 6.02. The zero-order valence-corrected chi connectivity index (χ0v) is 13.8. The topological polar surface area (TPSA) is 71.8 Å². The number of aromatic nitrogens is 1. The molecule has 1 aromatic heterocycles. The molecule has 1 amide bonds. The van der Waals surface area contributed by atoms with Crippen LogP contribution in [0.5, 0.6) is 5.75 Å². The van der Waals surface area contributed by atoms with Crippen molar-refractivity contribution in [3.63, 3.8) is 0 Å². The molecule has 1 fully saturated rings. The highest BCUT2D eigenvalue weighted by Gasteiger charge is 2.22. The summed E-state index contributed by atoms with van der Waals surface area (Å²) in [4.78, 5) is 26.7. The molecule has 6 heteroatoms. The Morgan fingerprint density at radius 3 is 2.62 bits per heavy atom. The maximum absolute atomic E-state index is 12.6. The fourth-order valence-electron chi connectivity index (χ4n) is 3.18. The van der Waals surface area contributed by atoms with Crippen LogP contribution < -0.4 is 0 Å². The minimum absolute atomic E-state index is 0.00539. The molecule has 24 heavy (non-hydrogen) atoms. The van der Waals surface area contributed by atoms with Gasteiger partial charge in [0, 0.05) is 24.0 Å². The summed E-state index contributed by atoms with van der Waals surface area (Å²) >= 11 is 0. The lowest BCUT2D eigenvalue weighted by Gasteiger charge is -2.27. The van der Waals surface area contributed by atoms with E-state index in [1.165, 1.54) is 0 Å². The van der Waals surface area contributed by atoms with E-state index in [1.54, 1.807) is 35.8 Å². The molecule has 0 aliphatic carbocycles. The van der Waals surface area contributed by atoms with Gasteiger partial charge >= 0.3 is 5.97 Å². The van der Waals surface area contributed by atoms with Crippen molar-refractivity contribution in [3.05, 3.63) is 30.0 Å². The first-order chi connectivity index (χ1) is 11.6. The minimum Gasteiger partial charge on any atom is -0.508 e. The molecule has 1 aromatic carbocycles. The van der Waals surface area contributed by atoms with Crippen LogP contribution in [0, 0.1) is 0 Å². The summed E-state index contributed by atoms with van der Waals surface area (Å²) in [6.45, 7) is 3.66. The lowest BCUT2D eigenvalue weighted by molar-refractivity contribution is -0.132. The largest absolute Gasteiger partial charge is 0.508 e. The summed E-state index contributed by atoms with van der Waals surface area (Å²) in [7, 11) is 0. The number of benzene rings is 1. The van der Waals surface area contributed by atoms with Gasteiger partial charge in [0.25, 0.3) is 0 Å². The van der Waals surface area contributed by atoms with E-state index >= 15 is 0 Å². The molecule has 0 saturated carbocycles. The Bertz CT molecular complexity index is 760. The van der Waals surface area contributed by atoms with Crippen LogP contribution in [0.1, 0.15) is 36.7 Å². The molecule has 0 atom stereocenters. The van der Waals surface area contributed by atoms with Crippen LogP contribution >= 0.6 is 0 Å². The lowest BCUT2D eigenvalue weighted by Crippen LogP contribution is -2.38. The summed E-state index contributed by atoms with van der Waals surface area (Å²) in [6, 6.07) is 6.52. The Morgan fingerprint density at radius 2 is 1.92 bits per heavy atom. The molecule has 1 N–H and O–H groups in total. The second kappa shape index (κ2) is 6.95. The van der Waals surface area contributed by atoms with Gasteiger partial charge in [0.2, 0.25) is 5.91 Å². The molecule has 1 aliphatic rings. The number of nitrogens with zero attached hydrogens (tertiary/aromatic N) is 2. The molecule has 128 valence electrons. The Balaban J connectivity index is 1.95. The van der Waals surface area contributed by atoms with Gasteiger partial charge in [0.1, 0.15) is 18.0 Å². The summed E-state index contributed by atoms with van der Waals surface area (Å²) in [6.07, 6.45) is 3.21. The van der Waals surface area contributed by atoms with E-state index in [2.05, 4.69) is 0 Å². The molecule has 2 aromatic rings. The van der Waals surface area contributed by atoms with Crippen LogP contribution in [0.3, 0.4) is 0 Å². The standard InChI is InChI=1S/C18H22N2O4/c1-2-24-18(23)16-11-13-10-14(21)6-7-15(13)20(16)12-17(22)19-8-4-3-5-9-19/h6-7,10-11,21H,2-5,8-9,12H2,1H3. The average Bonchev–Trinajstić information content (AvgIpc) is 2.93. The van der Waals surface area contributed by atoms with Crippen molar-refractivity contribution in [2.75, 3.05) is 19.7 Å². The number of piperidine rings is 1. The van der Waals surface area contributed by atoms with E-state index in [-0.39, 0.29) is 24.8 Å². The minimum atomic E-state index is -0.459. The zero-order valence-electron chi connectivity index (χ0n) is 13.8. The number of likely N-dealkylation sites (tertiary alicyclic amines) is 1. The fraction of sp³-hybridized carbons (Fsp3) is 0.444. The highest BCUT2D eigenvalue weighted by atomic mass is 16.5. The maximum Gasteiger partial charge on any atom is 0.354 e. The van der Waals surface area contributed by atoms with E-state index in [1.807, 2.05) is 4.90 Å². The predicted molar refractivity (Wildman–Crippen MR) is 90.0 cm³/mol. The number of carbonyl (C=O) groups is 2. The summed E-state index contributed by atoms with van der Waals surface area (Å²) in [5.74, 6) is -0.331. The molecule has 1 aliphatic heterocycles. The van der Waals surface area contributed by atoms with Gasteiger partial charge in [-0.3, -0.25) is 4.79 Å². The van der Waals surface area contributed by atoms with Gasteiger partial charge in [0.05, 0.1) is 6.61 Å². The number of hydrogen-bond donors (Lipinski definition) is 1. The number of aromatic hydroxyl groups is 1. The van der Waals surface area contributed by atoms with Gasteiger partial charge in [-0.15, -0.1) is 0 Å². The molecule has 6 nitrogen and oxygen atoms in total. The van der Waals surface area contributed by atoms with Gasteiger partial charge in [-0.2, -0.15) is 0 Å². The highest BCUT2D eigenvalue weighted by molar-refractivity contribution is 5.97. The van der Waals surface area contributed by atoms with E-state index in [4.69, 9.17) is 4.74 Å². The van der Waals surface area contributed by atoms with E-state index in [0.29, 0.717) is 11.1 Å². The molecule has 1 saturated heterocycles. The van der Waals surface area contributed by atoms with E-state index in [9.17, 15) is 14.7 Å². The van der Waals surface area contributed by atoms with Gasteiger partial charge < -0.3 is 19.3 Å². The monoisotopic (exact) mass is 330 g/mol. The summed E-state index contributed by atoms with van der Waals surface area (Å²) in [5, 5.41) is 10.4. The van der Waals surface area contributed by atoms with Crippen LogP contribution in [0.4, 0.5) is 0 Å². The van der Waals surface area contributed by atoms with Gasteiger partial charge in [-0.05, 0) is 50.5 Å². The zero-order chi connectivity index (χ0) is 17.1. The molecular weight excluding hydrogens is 308 g/mol. The first-order valence-electron chi connectivity index (χ1n) is 8.37. The first-order valence-corrected chi connectivity index (χ1v) is 8.37.